The highest BCUT2D eigenvalue weighted by Gasteiger charge is 2.31. The van der Waals surface area contributed by atoms with Gasteiger partial charge in [0.05, 0.1) is 0 Å². The Morgan fingerprint density at radius 3 is 0.833 bits per heavy atom. The summed E-state index contributed by atoms with van der Waals surface area (Å²) in [6, 6.07) is 46.7. The fourth-order valence-electron chi connectivity index (χ4n) is 5.17. The molecule has 0 aliphatic rings. The van der Waals surface area contributed by atoms with Crippen LogP contribution in [0.25, 0.3) is 11.1 Å². The summed E-state index contributed by atoms with van der Waals surface area (Å²) in [4.78, 5) is 0. The maximum Gasteiger partial charge on any atom is 0.166 e. The quantitative estimate of drug-likeness (QED) is 0.143. The molecule has 0 atom stereocenters. The SMILES string of the molecule is Oc1ccc(P(c2ccccc2)c2ccccc2)c(-c2c(P(c3ccccc3)c3ccccc3)ccc(O)c2O)c1O. The van der Waals surface area contributed by atoms with Crippen LogP contribution in [0.3, 0.4) is 0 Å². The summed E-state index contributed by atoms with van der Waals surface area (Å²) in [7, 11) is -2.48. The van der Waals surface area contributed by atoms with Crippen LogP contribution in [0.2, 0.25) is 0 Å². The highest BCUT2D eigenvalue weighted by molar-refractivity contribution is 7.80. The second kappa shape index (κ2) is 12.1. The highest BCUT2D eigenvalue weighted by atomic mass is 31.1. The van der Waals surface area contributed by atoms with Crippen molar-refractivity contribution >= 4 is 47.7 Å². The molecule has 0 unspecified atom stereocenters. The van der Waals surface area contributed by atoms with Crippen LogP contribution in [0.5, 0.6) is 23.0 Å². The zero-order valence-corrected chi connectivity index (χ0v) is 24.3. The average molecular weight is 587 g/mol. The standard InChI is InChI=1S/C36H28O4P2/c37-29-21-23-31(41(25-13-5-1-6-14-25)26-15-7-2-8-16-26)33(35(29)39)34-32(24-22-30(38)36(34)40)42(27-17-9-3-10-18-27)28-19-11-4-12-20-28/h1-24,37-40H. The van der Waals surface area contributed by atoms with E-state index in [1.807, 2.05) is 84.9 Å². The molecular weight excluding hydrogens is 558 g/mol. The number of rotatable bonds is 7. The third kappa shape index (κ3) is 5.23. The van der Waals surface area contributed by atoms with E-state index < -0.39 is 15.8 Å². The van der Waals surface area contributed by atoms with Crippen LogP contribution < -0.4 is 31.8 Å². The van der Waals surface area contributed by atoms with Crippen LogP contribution in [-0.2, 0) is 0 Å². The van der Waals surface area contributed by atoms with Gasteiger partial charge in [-0.15, -0.1) is 0 Å². The first-order valence-corrected chi connectivity index (χ1v) is 16.1. The Kier molecular flexibility index (Phi) is 7.93. The second-order valence-electron chi connectivity index (χ2n) is 9.67. The number of phenolic OH excluding ortho intramolecular Hbond substituents is 4. The minimum Gasteiger partial charge on any atom is -0.504 e. The van der Waals surface area contributed by atoms with E-state index in [9.17, 15) is 20.4 Å². The fourth-order valence-corrected chi connectivity index (χ4v) is 10.1. The van der Waals surface area contributed by atoms with Gasteiger partial charge in [0.15, 0.2) is 23.0 Å². The molecule has 206 valence electrons. The lowest BCUT2D eigenvalue weighted by Crippen LogP contribution is -2.26. The smallest absolute Gasteiger partial charge is 0.166 e. The molecule has 0 aliphatic carbocycles. The zero-order chi connectivity index (χ0) is 29.1. The maximum atomic E-state index is 11.6. The van der Waals surface area contributed by atoms with Crippen molar-refractivity contribution in [3.63, 3.8) is 0 Å². The molecule has 0 aromatic heterocycles. The van der Waals surface area contributed by atoms with E-state index in [0.29, 0.717) is 11.1 Å². The fraction of sp³-hybridized carbons (Fsp3) is 0. The van der Waals surface area contributed by atoms with Gasteiger partial charge in [-0.3, -0.25) is 0 Å². The topological polar surface area (TPSA) is 80.9 Å². The Hall–Kier alpha value is -4.62. The molecule has 0 radical (unpaired) electrons. The monoisotopic (exact) mass is 586 g/mol. The molecule has 0 heterocycles. The van der Waals surface area contributed by atoms with Crippen molar-refractivity contribution in [3.05, 3.63) is 146 Å². The van der Waals surface area contributed by atoms with Crippen LogP contribution in [0, 0.1) is 0 Å². The van der Waals surface area contributed by atoms with Gasteiger partial charge in [-0.2, -0.15) is 0 Å². The molecule has 6 heteroatoms. The van der Waals surface area contributed by atoms with Gasteiger partial charge in [0.2, 0.25) is 0 Å². The van der Waals surface area contributed by atoms with E-state index in [-0.39, 0.29) is 23.0 Å². The minimum atomic E-state index is -1.24. The molecule has 6 aromatic carbocycles. The molecule has 0 amide bonds. The first-order chi connectivity index (χ1) is 20.5. The molecule has 4 nitrogen and oxygen atoms in total. The van der Waals surface area contributed by atoms with Gasteiger partial charge in [-0.1, -0.05) is 121 Å². The molecule has 0 saturated carbocycles. The first-order valence-electron chi connectivity index (χ1n) is 13.5. The Morgan fingerprint density at radius 1 is 0.310 bits per heavy atom. The normalized spacial score (nSPS) is 11.2. The predicted octanol–water partition coefficient (Wildman–Crippen LogP) is 5.69. The molecule has 6 rings (SSSR count). The van der Waals surface area contributed by atoms with Gasteiger partial charge in [0, 0.05) is 11.1 Å². The molecule has 0 saturated heterocycles. The van der Waals surface area contributed by atoms with Gasteiger partial charge in [0.25, 0.3) is 0 Å². The molecule has 6 aromatic rings. The van der Waals surface area contributed by atoms with Crippen molar-refractivity contribution in [2.24, 2.45) is 0 Å². The number of benzene rings is 6. The summed E-state index contributed by atoms with van der Waals surface area (Å²) in [6.45, 7) is 0. The average Bonchev–Trinajstić information content (AvgIpc) is 3.04. The number of phenols is 4. The maximum absolute atomic E-state index is 11.6. The third-order valence-corrected chi connectivity index (χ3v) is 12.0. The van der Waals surface area contributed by atoms with E-state index in [1.165, 1.54) is 12.1 Å². The molecular formula is C36H28O4P2. The predicted molar refractivity (Wildman–Crippen MR) is 176 cm³/mol. The van der Waals surface area contributed by atoms with E-state index in [2.05, 4.69) is 48.5 Å². The summed E-state index contributed by atoms with van der Waals surface area (Å²) in [6.07, 6.45) is 0. The second-order valence-corrected chi connectivity index (χ2v) is 14.0. The van der Waals surface area contributed by atoms with Gasteiger partial charge >= 0.3 is 0 Å². The number of aromatic hydroxyl groups is 4. The van der Waals surface area contributed by atoms with E-state index in [4.69, 9.17) is 0 Å². The van der Waals surface area contributed by atoms with Gasteiger partial charge in [-0.25, -0.2) is 0 Å². The summed E-state index contributed by atoms with van der Waals surface area (Å²) in [5.41, 5.74) is 0.605. The zero-order valence-electron chi connectivity index (χ0n) is 22.5. The van der Waals surface area contributed by atoms with E-state index in [0.717, 1.165) is 31.8 Å². The van der Waals surface area contributed by atoms with Crippen molar-refractivity contribution in [2.45, 2.75) is 0 Å². The first kappa shape index (κ1) is 27.5. The minimum absolute atomic E-state index is 0.302. The summed E-state index contributed by atoms with van der Waals surface area (Å²) >= 11 is 0. The number of hydrogen-bond acceptors (Lipinski definition) is 4. The molecule has 42 heavy (non-hydrogen) atoms. The van der Waals surface area contributed by atoms with Gasteiger partial charge in [0.1, 0.15) is 0 Å². The van der Waals surface area contributed by atoms with Crippen LogP contribution in [0.1, 0.15) is 0 Å². The largest absolute Gasteiger partial charge is 0.504 e. The van der Waals surface area contributed by atoms with Crippen molar-refractivity contribution in [2.75, 3.05) is 0 Å². The van der Waals surface area contributed by atoms with Gasteiger partial charge < -0.3 is 20.4 Å². The Labute approximate surface area is 247 Å². The summed E-state index contributed by atoms with van der Waals surface area (Å²) in [5, 5.41) is 50.6. The Bertz CT molecular complexity index is 1600. The lowest BCUT2D eigenvalue weighted by molar-refractivity contribution is 0.400. The summed E-state index contributed by atoms with van der Waals surface area (Å²) in [5.74, 6) is -1.29. The molecule has 4 N–H and O–H groups in total. The van der Waals surface area contributed by atoms with Crippen LogP contribution in [-0.4, -0.2) is 20.4 Å². The lowest BCUT2D eigenvalue weighted by atomic mass is 10.0. The Balaban J connectivity index is 1.70. The summed E-state index contributed by atoms with van der Waals surface area (Å²) < 4.78 is 0. The number of hydrogen-bond donors (Lipinski definition) is 4. The third-order valence-electron chi connectivity index (χ3n) is 7.06. The molecule has 0 bridgehead atoms. The van der Waals surface area contributed by atoms with Crippen molar-refractivity contribution < 1.29 is 20.4 Å². The molecule has 0 fully saturated rings. The van der Waals surface area contributed by atoms with Crippen LogP contribution in [0.15, 0.2) is 146 Å². The van der Waals surface area contributed by atoms with Crippen molar-refractivity contribution in [1.29, 1.82) is 0 Å². The highest BCUT2D eigenvalue weighted by Crippen LogP contribution is 2.50. The van der Waals surface area contributed by atoms with Crippen LogP contribution in [0.4, 0.5) is 0 Å². The lowest BCUT2D eigenvalue weighted by Gasteiger charge is -2.27. The van der Waals surface area contributed by atoms with Gasteiger partial charge in [-0.05, 0) is 71.9 Å². The van der Waals surface area contributed by atoms with E-state index >= 15 is 0 Å². The van der Waals surface area contributed by atoms with Crippen molar-refractivity contribution in [1.82, 2.24) is 0 Å². The van der Waals surface area contributed by atoms with Crippen LogP contribution >= 0.6 is 15.8 Å². The van der Waals surface area contributed by atoms with E-state index in [1.54, 1.807) is 0 Å². The molecule has 0 spiro atoms. The Morgan fingerprint density at radius 2 is 0.571 bits per heavy atom. The van der Waals surface area contributed by atoms with Crippen molar-refractivity contribution in [3.8, 4) is 34.1 Å². The molecule has 0 aliphatic heterocycles.